The van der Waals surface area contributed by atoms with E-state index in [0.717, 1.165) is 0 Å². The highest BCUT2D eigenvalue weighted by Crippen LogP contribution is 2.34. The average molecular weight is 496 g/mol. The fraction of sp³-hybridized carbons (Fsp3) is 0.200. The summed E-state index contributed by atoms with van der Waals surface area (Å²) in [5.74, 6) is -0.273. The van der Waals surface area contributed by atoms with E-state index in [1.165, 1.54) is 47.4 Å². The van der Waals surface area contributed by atoms with E-state index in [1.807, 2.05) is 0 Å². The number of ether oxygens (including phenoxy) is 2. The Morgan fingerprint density at radius 3 is 2.73 bits per heavy atom. The Labute approximate surface area is 193 Å². The molecule has 13 heteroatoms. The summed E-state index contributed by atoms with van der Waals surface area (Å²) in [5, 5.41) is 13.6. The van der Waals surface area contributed by atoms with Crippen LogP contribution in [0.2, 0.25) is 0 Å². The van der Waals surface area contributed by atoms with Crippen molar-refractivity contribution in [1.29, 1.82) is 0 Å². The smallest absolute Gasteiger partial charge is 0.482 e. The van der Waals surface area contributed by atoms with Crippen LogP contribution in [0, 0.1) is 0 Å². The molecule has 0 spiro atoms. The number of fused-ring (bicyclic) bond motifs is 1. The van der Waals surface area contributed by atoms with Gasteiger partial charge in [-0.05, 0) is 49.4 Å². The van der Waals surface area contributed by atoms with Crippen molar-refractivity contribution >= 4 is 51.3 Å². The Morgan fingerprint density at radius 2 is 2.00 bits per heavy atom. The molecule has 0 saturated heterocycles. The first-order valence-corrected chi connectivity index (χ1v) is 11.1. The number of alkyl halides is 3. The zero-order valence-electron chi connectivity index (χ0n) is 16.8. The molecule has 4 rings (SSSR count). The number of Topliss-reactive ketones (excluding diaryl/α,β-unsaturated/α-hetero) is 1. The summed E-state index contributed by atoms with van der Waals surface area (Å²) in [6.45, 7) is 1.67. The van der Waals surface area contributed by atoms with Crippen molar-refractivity contribution in [2.75, 3.05) is 17.2 Å². The Bertz CT molecular complexity index is 1180. The number of halogens is 3. The number of hydrogen-bond acceptors (Lipinski definition) is 9. The van der Waals surface area contributed by atoms with Gasteiger partial charge in [0.15, 0.2) is 16.7 Å². The number of carbonyl (C=O) groups excluding carboxylic acids is 2. The van der Waals surface area contributed by atoms with Crippen molar-refractivity contribution in [2.45, 2.75) is 22.9 Å². The SMILES string of the molecule is CC(Sc1nnc(Nc2ccc(OC(F)(F)F)cc2)s1)C(=O)c1ccc2c(c1)NC(=O)CO2. The number of aromatic nitrogens is 2. The standard InChI is InChI=1S/C20H15F3N4O4S2/c1-10(17(29)11-2-7-15-14(8-11)25-16(28)9-30-15)32-19-27-26-18(33-19)24-12-3-5-13(6-4-12)31-20(21,22)23/h2-8,10H,9H2,1H3,(H,24,26)(H,25,28). The maximum absolute atomic E-state index is 12.8. The molecule has 0 saturated carbocycles. The van der Waals surface area contributed by atoms with Crippen LogP contribution in [0.4, 0.5) is 29.7 Å². The predicted molar refractivity (Wildman–Crippen MR) is 117 cm³/mol. The second kappa shape index (κ2) is 9.27. The minimum absolute atomic E-state index is 0.0640. The van der Waals surface area contributed by atoms with Crippen molar-refractivity contribution in [3.63, 3.8) is 0 Å². The summed E-state index contributed by atoms with van der Waals surface area (Å²) in [6.07, 6.45) is -4.75. The highest BCUT2D eigenvalue weighted by Gasteiger charge is 2.31. The maximum Gasteiger partial charge on any atom is 0.573 e. The van der Waals surface area contributed by atoms with Crippen LogP contribution in [0.15, 0.2) is 46.8 Å². The van der Waals surface area contributed by atoms with Crippen LogP contribution in [-0.2, 0) is 4.79 Å². The average Bonchev–Trinajstić information content (AvgIpc) is 3.19. The number of nitrogens with one attached hydrogen (secondary N) is 2. The second-order valence-electron chi connectivity index (χ2n) is 6.74. The summed E-state index contributed by atoms with van der Waals surface area (Å²) in [4.78, 5) is 24.3. The van der Waals surface area contributed by atoms with Crippen LogP contribution in [0.1, 0.15) is 17.3 Å². The largest absolute Gasteiger partial charge is 0.573 e. The third kappa shape index (κ3) is 5.93. The topological polar surface area (TPSA) is 102 Å². The highest BCUT2D eigenvalue weighted by molar-refractivity contribution is 8.02. The molecule has 1 aliphatic heterocycles. The molecule has 1 unspecified atom stereocenters. The monoisotopic (exact) mass is 496 g/mol. The van der Waals surface area contributed by atoms with E-state index in [4.69, 9.17) is 4.74 Å². The number of rotatable bonds is 7. The maximum atomic E-state index is 12.8. The molecule has 3 aromatic rings. The van der Waals surface area contributed by atoms with E-state index in [0.29, 0.717) is 32.2 Å². The van der Waals surface area contributed by atoms with Gasteiger partial charge < -0.3 is 20.1 Å². The van der Waals surface area contributed by atoms with Crippen LogP contribution in [0.3, 0.4) is 0 Å². The summed E-state index contributed by atoms with van der Waals surface area (Å²) in [7, 11) is 0. The van der Waals surface area contributed by atoms with E-state index in [2.05, 4.69) is 25.6 Å². The van der Waals surface area contributed by atoms with Gasteiger partial charge in [-0.2, -0.15) is 0 Å². The molecular weight excluding hydrogens is 481 g/mol. The van der Waals surface area contributed by atoms with Gasteiger partial charge in [0, 0.05) is 11.3 Å². The van der Waals surface area contributed by atoms with Gasteiger partial charge in [-0.1, -0.05) is 23.1 Å². The quantitative estimate of drug-likeness (QED) is 0.353. The molecule has 2 aromatic carbocycles. The van der Waals surface area contributed by atoms with E-state index < -0.39 is 11.6 Å². The molecule has 33 heavy (non-hydrogen) atoms. The molecule has 1 atom stereocenters. The second-order valence-corrected chi connectivity index (χ2v) is 9.31. The molecule has 1 aromatic heterocycles. The molecular formula is C20H15F3N4O4S2. The number of ketones is 1. The third-order valence-corrected chi connectivity index (χ3v) is 6.31. The lowest BCUT2D eigenvalue weighted by Crippen LogP contribution is -2.25. The summed E-state index contributed by atoms with van der Waals surface area (Å²) in [5.41, 5.74) is 1.37. The fourth-order valence-corrected chi connectivity index (χ4v) is 4.84. The molecule has 8 nitrogen and oxygen atoms in total. The molecule has 0 fully saturated rings. The van der Waals surface area contributed by atoms with Crippen LogP contribution >= 0.6 is 23.1 Å². The van der Waals surface area contributed by atoms with E-state index in [9.17, 15) is 22.8 Å². The van der Waals surface area contributed by atoms with Gasteiger partial charge in [-0.3, -0.25) is 9.59 Å². The molecule has 0 bridgehead atoms. The number of anilines is 3. The van der Waals surface area contributed by atoms with Gasteiger partial charge in [0.25, 0.3) is 5.91 Å². The van der Waals surface area contributed by atoms with Crippen LogP contribution in [0.5, 0.6) is 11.5 Å². The fourth-order valence-electron chi connectivity index (χ4n) is 2.85. The summed E-state index contributed by atoms with van der Waals surface area (Å²) in [6, 6.07) is 10.0. The van der Waals surface area contributed by atoms with E-state index >= 15 is 0 Å². The van der Waals surface area contributed by atoms with Crippen molar-refractivity contribution in [2.24, 2.45) is 0 Å². The van der Waals surface area contributed by atoms with Gasteiger partial charge in [0.1, 0.15) is 11.5 Å². The Hall–Kier alpha value is -3.32. The van der Waals surface area contributed by atoms with Gasteiger partial charge in [-0.15, -0.1) is 23.4 Å². The van der Waals surface area contributed by atoms with Crippen molar-refractivity contribution < 1.29 is 32.2 Å². The first-order valence-electron chi connectivity index (χ1n) is 9.40. The normalized spacial score (nSPS) is 14.0. The highest BCUT2D eigenvalue weighted by atomic mass is 32.2. The first kappa shape index (κ1) is 22.9. The molecule has 0 radical (unpaired) electrons. The summed E-state index contributed by atoms with van der Waals surface area (Å²) >= 11 is 2.41. The molecule has 2 N–H and O–H groups in total. The summed E-state index contributed by atoms with van der Waals surface area (Å²) < 4.78 is 46.4. The Kier molecular flexibility index (Phi) is 6.42. The molecule has 1 aliphatic rings. The van der Waals surface area contributed by atoms with Crippen molar-refractivity contribution in [3.05, 3.63) is 48.0 Å². The number of nitrogens with zero attached hydrogens (tertiary/aromatic N) is 2. The Balaban J connectivity index is 1.36. The van der Waals surface area contributed by atoms with Gasteiger partial charge in [0.05, 0.1) is 10.9 Å². The lowest BCUT2D eigenvalue weighted by molar-refractivity contribution is -0.274. The number of hydrogen-bond donors (Lipinski definition) is 2. The molecule has 172 valence electrons. The molecule has 2 heterocycles. The molecule has 0 aliphatic carbocycles. The number of amides is 1. The Morgan fingerprint density at radius 1 is 1.24 bits per heavy atom. The molecule has 1 amide bonds. The minimum Gasteiger partial charge on any atom is -0.482 e. The number of thioether (sulfide) groups is 1. The third-order valence-electron chi connectivity index (χ3n) is 4.29. The lowest BCUT2D eigenvalue weighted by Gasteiger charge is -2.18. The van der Waals surface area contributed by atoms with Crippen LogP contribution < -0.4 is 20.1 Å². The predicted octanol–water partition coefficient (Wildman–Crippen LogP) is 4.87. The zero-order chi connectivity index (χ0) is 23.6. The number of benzene rings is 2. The van der Waals surface area contributed by atoms with E-state index in [-0.39, 0.29) is 24.0 Å². The number of carbonyl (C=O) groups is 2. The van der Waals surface area contributed by atoms with E-state index in [1.54, 1.807) is 25.1 Å². The van der Waals surface area contributed by atoms with Crippen LogP contribution in [0.25, 0.3) is 0 Å². The van der Waals surface area contributed by atoms with Gasteiger partial charge >= 0.3 is 6.36 Å². The minimum atomic E-state index is -4.75. The van der Waals surface area contributed by atoms with Gasteiger partial charge in [-0.25, -0.2) is 0 Å². The zero-order valence-corrected chi connectivity index (χ0v) is 18.4. The lowest BCUT2D eigenvalue weighted by atomic mass is 10.1. The first-order chi connectivity index (χ1) is 15.7. The van der Waals surface area contributed by atoms with Crippen LogP contribution in [-0.4, -0.2) is 40.1 Å². The van der Waals surface area contributed by atoms with Gasteiger partial charge in [0.2, 0.25) is 5.13 Å². The van der Waals surface area contributed by atoms with Crippen molar-refractivity contribution in [3.8, 4) is 11.5 Å². The van der Waals surface area contributed by atoms with Crippen molar-refractivity contribution in [1.82, 2.24) is 10.2 Å².